The van der Waals surface area contributed by atoms with Gasteiger partial charge in [0, 0.05) is 17.2 Å². The maximum atomic E-state index is 12.4. The molecule has 1 N–H and O–H groups in total. The highest BCUT2D eigenvalue weighted by Gasteiger charge is 2.15. The number of para-hydroxylation sites is 2. The number of benzene rings is 3. The second-order valence-corrected chi connectivity index (χ2v) is 5.83. The lowest BCUT2D eigenvalue weighted by Crippen LogP contribution is -2.20. The van der Waals surface area contributed by atoms with E-state index in [0.29, 0.717) is 16.9 Å². The number of ketones is 1. The maximum absolute atomic E-state index is 12.4. The van der Waals surface area contributed by atoms with Gasteiger partial charge in [-0.05, 0) is 30.3 Å². The van der Waals surface area contributed by atoms with Gasteiger partial charge in [0.2, 0.25) is 0 Å². The highest BCUT2D eigenvalue weighted by molar-refractivity contribution is 6.09. The van der Waals surface area contributed by atoms with Gasteiger partial charge in [-0.25, -0.2) is 0 Å². The van der Waals surface area contributed by atoms with E-state index in [2.05, 4.69) is 5.32 Å². The Bertz CT molecular complexity index is 1000. The molecule has 0 saturated heterocycles. The van der Waals surface area contributed by atoms with Crippen LogP contribution in [0, 0.1) is 10.1 Å². The van der Waals surface area contributed by atoms with E-state index in [1.165, 1.54) is 18.2 Å². The molecule has 3 aromatic rings. The van der Waals surface area contributed by atoms with Crippen LogP contribution in [-0.2, 0) is 4.79 Å². The first kappa shape index (κ1) is 18.8. The zero-order chi connectivity index (χ0) is 19.9. The molecule has 28 heavy (non-hydrogen) atoms. The van der Waals surface area contributed by atoms with Gasteiger partial charge in [0.15, 0.2) is 12.4 Å². The Hall–Kier alpha value is -4.00. The van der Waals surface area contributed by atoms with Crippen LogP contribution >= 0.6 is 0 Å². The Morgan fingerprint density at radius 2 is 1.46 bits per heavy atom. The summed E-state index contributed by atoms with van der Waals surface area (Å²) < 4.78 is 5.39. The number of carbonyl (C=O) groups excluding carboxylic acids is 2. The molecule has 7 heteroatoms. The van der Waals surface area contributed by atoms with Crippen LogP contribution in [0.4, 0.5) is 11.4 Å². The van der Waals surface area contributed by atoms with Gasteiger partial charge in [-0.3, -0.25) is 19.7 Å². The third kappa shape index (κ3) is 4.59. The van der Waals surface area contributed by atoms with Crippen molar-refractivity contribution in [1.82, 2.24) is 0 Å². The number of hydrogen-bond acceptors (Lipinski definition) is 5. The molecule has 0 aliphatic carbocycles. The number of nitro groups is 1. The van der Waals surface area contributed by atoms with Crippen molar-refractivity contribution in [2.45, 2.75) is 0 Å². The minimum absolute atomic E-state index is 0.102. The largest absolute Gasteiger partial charge is 0.484 e. The number of hydrogen-bond donors (Lipinski definition) is 1. The number of nitrogens with zero attached hydrogens (tertiary/aromatic N) is 1. The fraction of sp³-hybridized carbons (Fsp3) is 0.0476. The number of rotatable bonds is 7. The zero-order valence-electron chi connectivity index (χ0n) is 14.7. The zero-order valence-corrected chi connectivity index (χ0v) is 14.7. The van der Waals surface area contributed by atoms with Crippen molar-refractivity contribution in [2.24, 2.45) is 0 Å². The molecule has 1 amide bonds. The molecule has 0 aliphatic rings. The summed E-state index contributed by atoms with van der Waals surface area (Å²) in [6, 6.07) is 21.2. The summed E-state index contributed by atoms with van der Waals surface area (Å²) in [6.45, 7) is -0.321. The molecule has 3 rings (SSSR count). The van der Waals surface area contributed by atoms with Crippen molar-refractivity contribution in [3.8, 4) is 5.75 Å². The Labute approximate surface area is 160 Å². The number of anilines is 1. The van der Waals surface area contributed by atoms with E-state index in [0.717, 1.165) is 0 Å². The molecule has 140 valence electrons. The molecule has 0 aromatic heterocycles. The summed E-state index contributed by atoms with van der Waals surface area (Å²) in [4.78, 5) is 34.8. The molecule has 0 atom stereocenters. The monoisotopic (exact) mass is 376 g/mol. The average Bonchev–Trinajstić information content (AvgIpc) is 2.73. The van der Waals surface area contributed by atoms with Crippen LogP contribution in [0.1, 0.15) is 15.9 Å². The second-order valence-electron chi connectivity index (χ2n) is 5.83. The maximum Gasteiger partial charge on any atom is 0.292 e. The van der Waals surface area contributed by atoms with Crippen molar-refractivity contribution in [1.29, 1.82) is 0 Å². The Balaban J connectivity index is 1.59. The molecule has 0 bridgehead atoms. The van der Waals surface area contributed by atoms with Gasteiger partial charge < -0.3 is 10.1 Å². The normalized spacial score (nSPS) is 10.1. The first-order valence-electron chi connectivity index (χ1n) is 8.40. The minimum Gasteiger partial charge on any atom is -0.484 e. The number of ether oxygens (including phenoxy) is 1. The van der Waals surface area contributed by atoms with E-state index in [-0.39, 0.29) is 23.8 Å². The predicted molar refractivity (Wildman–Crippen MR) is 104 cm³/mol. The lowest BCUT2D eigenvalue weighted by Gasteiger charge is -2.08. The Morgan fingerprint density at radius 3 is 2.14 bits per heavy atom. The van der Waals surface area contributed by atoms with Crippen molar-refractivity contribution >= 4 is 23.1 Å². The Kier molecular flexibility index (Phi) is 5.76. The predicted octanol–water partition coefficient (Wildman–Crippen LogP) is 3.84. The van der Waals surface area contributed by atoms with Crippen molar-refractivity contribution in [2.75, 3.05) is 11.9 Å². The van der Waals surface area contributed by atoms with Gasteiger partial charge >= 0.3 is 0 Å². The summed E-state index contributed by atoms with van der Waals surface area (Å²) >= 11 is 0. The van der Waals surface area contributed by atoms with Gasteiger partial charge in [0.05, 0.1) is 4.92 Å². The van der Waals surface area contributed by atoms with E-state index < -0.39 is 10.8 Å². The molecule has 7 nitrogen and oxygen atoms in total. The highest BCUT2D eigenvalue weighted by atomic mass is 16.6. The highest BCUT2D eigenvalue weighted by Crippen LogP contribution is 2.23. The van der Waals surface area contributed by atoms with Gasteiger partial charge in [-0.1, -0.05) is 42.5 Å². The lowest BCUT2D eigenvalue weighted by molar-refractivity contribution is -0.383. The third-order valence-electron chi connectivity index (χ3n) is 3.90. The van der Waals surface area contributed by atoms with Crippen LogP contribution < -0.4 is 10.1 Å². The van der Waals surface area contributed by atoms with E-state index in [9.17, 15) is 19.7 Å². The van der Waals surface area contributed by atoms with Crippen LogP contribution in [0.25, 0.3) is 0 Å². The van der Waals surface area contributed by atoms with E-state index in [4.69, 9.17) is 4.74 Å². The summed E-state index contributed by atoms with van der Waals surface area (Å²) in [5.41, 5.74) is 0.993. The summed E-state index contributed by atoms with van der Waals surface area (Å²) in [7, 11) is 0. The number of carbonyl (C=O) groups is 2. The third-order valence-corrected chi connectivity index (χ3v) is 3.90. The van der Waals surface area contributed by atoms with Gasteiger partial charge in [0.25, 0.3) is 11.6 Å². The average molecular weight is 376 g/mol. The molecule has 0 aliphatic heterocycles. The topological polar surface area (TPSA) is 98.5 Å². The summed E-state index contributed by atoms with van der Waals surface area (Å²) in [5, 5.41) is 13.4. The molecular weight excluding hydrogens is 360 g/mol. The van der Waals surface area contributed by atoms with Gasteiger partial charge in [-0.15, -0.1) is 0 Å². The van der Waals surface area contributed by atoms with Crippen LogP contribution in [0.2, 0.25) is 0 Å². The lowest BCUT2D eigenvalue weighted by atomic mass is 10.0. The molecule has 0 saturated carbocycles. The van der Waals surface area contributed by atoms with Crippen molar-refractivity contribution in [3.05, 3.63) is 100 Å². The smallest absolute Gasteiger partial charge is 0.292 e. The van der Waals surface area contributed by atoms with Crippen LogP contribution in [0.15, 0.2) is 78.9 Å². The number of nitrogens with one attached hydrogen (secondary N) is 1. The molecule has 0 fully saturated rings. The van der Waals surface area contributed by atoms with Gasteiger partial charge in [0.1, 0.15) is 11.4 Å². The summed E-state index contributed by atoms with van der Waals surface area (Å²) in [5.74, 6) is -0.234. The SMILES string of the molecule is O=C(COc1ccc(C(=O)c2ccccc2)cc1)Nc1ccccc1[N+](=O)[O-]. The standard InChI is InChI=1S/C21H16N2O5/c24-20(22-18-8-4-5-9-19(18)23(26)27)14-28-17-12-10-16(11-13-17)21(25)15-6-2-1-3-7-15/h1-13H,14H2,(H,22,24). The second kappa shape index (κ2) is 8.59. The van der Waals surface area contributed by atoms with Crippen molar-refractivity contribution in [3.63, 3.8) is 0 Å². The first-order valence-corrected chi connectivity index (χ1v) is 8.40. The van der Waals surface area contributed by atoms with E-state index in [1.807, 2.05) is 6.07 Å². The van der Waals surface area contributed by atoms with Gasteiger partial charge in [-0.2, -0.15) is 0 Å². The molecule has 0 spiro atoms. The first-order chi connectivity index (χ1) is 13.5. The quantitative estimate of drug-likeness (QED) is 0.384. The van der Waals surface area contributed by atoms with Crippen molar-refractivity contribution < 1.29 is 19.2 Å². The number of amides is 1. The molecule has 0 unspecified atom stereocenters. The fourth-order valence-corrected chi connectivity index (χ4v) is 2.53. The van der Waals surface area contributed by atoms with E-state index in [1.54, 1.807) is 54.6 Å². The van der Waals surface area contributed by atoms with E-state index >= 15 is 0 Å². The van der Waals surface area contributed by atoms with Crippen LogP contribution in [-0.4, -0.2) is 23.2 Å². The molecule has 0 heterocycles. The van der Waals surface area contributed by atoms with Crippen LogP contribution in [0.5, 0.6) is 5.75 Å². The molecule has 0 radical (unpaired) electrons. The molecule has 3 aromatic carbocycles. The van der Waals surface area contributed by atoms with Crippen LogP contribution in [0.3, 0.4) is 0 Å². The molecular formula is C21H16N2O5. The summed E-state index contributed by atoms with van der Waals surface area (Å²) in [6.07, 6.45) is 0. The Morgan fingerprint density at radius 1 is 0.857 bits per heavy atom. The number of nitro benzene ring substituents is 1. The minimum atomic E-state index is -0.570. The fourth-order valence-electron chi connectivity index (χ4n) is 2.53.